The summed E-state index contributed by atoms with van der Waals surface area (Å²) in [6, 6.07) is 7.66. The molecule has 0 aliphatic rings. The molecule has 0 bridgehead atoms. The molecule has 98 valence electrons. The Morgan fingerprint density at radius 1 is 1.47 bits per heavy atom. The largest absolute Gasteiger partial charge is 0.311 e. The van der Waals surface area contributed by atoms with Gasteiger partial charge in [-0.05, 0) is 12.5 Å². The minimum atomic E-state index is -0.497. The molecule has 2 aromatic rings. The van der Waals surface area contributed by atoms with E-state index < -0.39 is 10.8 Å². The number of H-pyrrole nitrogens is 1. The van der Waals surface area contributed by atoms with E-state index in [1.807, 2.05) is 0 Å². The number of carbonyl (C=O) groups is 1. The van der Waals surface area contributed by atoms with Crippen molar-refractivity contribution in [2.75, 3.05) is 5.32 Å². The topological polar surface area (TPSA) is 101 Å². The molecule has 7 nitrogen and oxygen atoms in total. The Hall–Kier alpha value is -2.70. The number of carbonyl (C=O) groups excluding carboxylic acids is 1. The van der Waals surface area contributed by atoms with Gasteiger partial charge in [0.1, 0.15) is 5.82 Å². The third-order valence-corrected chi connectivity index (χ3v) is 2.73. The normalized spacial score (nSPS) is 11.8. The summed E-state index contributed by atoms with van der Waals surface area (Å²) in [7, 11) is 0. The van der Waals surface area contributed by atoms with Gasteiger partial charge in [-0.15, -0.1) is 0 Å². The van der Waals surface area contributed by atoms with Crippen molar-refractivity contribution in [3.05, 3.63) is 52.2 Å². The van der Waals surface area contributed by atoms with Gasteiger partial charge < -0.3 is 5.32 Å². The number of aromatic amines is 1. The van der Waals surface area contributed by atoms with E-state index in [1.54, 1.807) is 25.1 Å². The summed E-state index contributed by atoms with van der Waals surface area (Å²) in [4.78, 5) is 22.2. The van der Waals surface area contributed by atoms with Gasteiger partial charge in [-0.25, -0.2) is 0 Å². The zero-order valence-corrected chi connectivity index (χ0v) is 10.2. The maximum absolute atomic E-state index is 12.0. The van der Waals surface area contributed by atoms with Crippen LogP contribution in [0.25, 0.3) is 0 Å². The lowest BCUT2D eigenvalue weighted by Gasteiger charge is -2.11. The number of nitro groups is 1. The molecule has 0 saturated carbocycles. The molecule has 2 rings (SSSR count). The highest BCUT2D eigenvalue weighted by molar-refractivity contribution is 5.94. The molecule has 1 atom stereocenters. The van der Waals surface area contributed by atoms with Gasteiger partial charge in [-0.2, -0.15) is 5.10 Å². The summed E-state index contributed by atoms with van der Waals surface area (Å²) in [5.74, 6) is -0.268. The van der Waals surface area contributed by atoms with Crippen molar-refractivity contribution < 1.29 is 9.72 Å². The molecule has 2 N–H and O–H groups in total. The van der Waals surface area contributed by atoms with E-state index >= 15 is 0 Å². The summed E-state index contributed by atoms with van der Waals surface area (Å²) in [5, 5.41) is 19.7. The van der Waals surface area contributed by atoms with E-state index in [-0.39, 0.29) is 11.6 Å². The lowest BCUT2D eigenvalue weighted by molar-refractivity contribution is -0.384. The number of nitrogens with zero attached hydrogens (tertiary/aromatic N) is 2. The summed E-state index contributed by atoms with van der Waals surface area (Å²) in [5.41, 5.74) is 0.560. The monoisotopic (exact) mass is 260 g/mol. The van der Waals surface area contributed by atoms with Gasteiger partial charge in [0.25, 0.3) is 5.69 Å². The Morgan fingerprint density at radius 3 is 2.89 bits per heavy atom. The van der Waals surface area contributed by atoms with Crippen LogP contribution in [0.15, 0.2) is 36.5 Å². The maximum atomic E-state index is 12.0. The molecule has 0 fully saturated rings. The Morgan fingerprint density at radius 2 is 2.26 bits per heavy atom. The van der Waals surface area contributed by atoms with Crippen molar-refractivity contribution in [3.8, 4) is 0 Å². The van der Waals surface area contributed by atoms with Crippen molar-refractivity contribution in [1.29, 1.82) is 0 Å². The molecule has 1 unspecified atom stereocenters. The van der Waals surface area contributed by atoms with Crippen LogP contribution < -0.4 is 5.32 Å². The number of nitrogens with one attached hydrogen (secondary N) is 2. The first-order valence-corrected chi connectivity index (χ1v) is 5.62. The van der Waals surface area contributed by atoms with E-state index in [1.165, 1.54) is 18.3 Å². The molecule has 1 heterocycles. The number of anilines is 1. The summed E-state index contributed by atoms with van der Waals surface area (Å²) in [6.07, 6.45) is 1.52. The van der Waals surface area contributed by atoms with Crippen LogP contribution in [-0.4, -0.2) is 21.0 Å². The molecule has 0 spiro atoms. The number of rotatable bonds is 4. The number of non-ortho nitro benzene ring substituents is 1. The second-order valence-electron chi connectivity index (χ2n) is 4.03. The van der Waals surface area contributed by atoms with Gasteiger partial charge in [0.05, 0.1) is 17.0 Å². The first-order chi connectivity index (χ1) is 9.08. The second kappa shape index (κ2) is 5.30. The summed E-state index contributed by atoms with van der Waals surface area (Å²) < 4.78 is 0. The molecule has 0 aliphatic heterocycles. The van der Waals surface area contributed by atoms with Gasteiger partial charge in [0.15, 0.2) is 0 Å². The van der Waals surface area contributed by atoms with Crippen LogP contribution in [0.5, 0.6) is 0 Å². The molecule has 0 radical (unpaired) electrons. The quantitative estimate of drug-likeness (QED) is 0.648. The fourth-order valence-electron chi connectivity index (χ4n) is 1.63. The van der Waals surface area contributed by atoms with Gasteiger partial charge in [0.2, 0.25) is 5.91 Å². The minimum Gasteiger partial charge on any atom is -0.311 e. The van der Waals surface area contributed by atoms with E-state index in [0.717, 1.165) is 0 Å². The SMILES string of the molecule is CC(C(=O)Nc1ccn[nH]1)c1cccc([N+](=O)[O-])c1. The van der Waals surface area contributed by atoms with Gasteiger partial charge in [-0.1, -0.05) is 12.1 Å². The first kappa shape index (κ1) is 12.7. The Balaban J connectivity index is 2.14. The van der Waals surface area contributed by atoms with Crippen LogP contribution >= 0.6 is 0 Å². The lowest BCUT2D eigenvalue weighted by Crippen LogP contribution is -2.19. The van der Waals surface area contributed by atoms with Crippen LogP contribution in [0, 0.1) is 10.1 Å². The van der Waals surface area contributed by atoms with Crippen LogP contribution in [0.2, 0.25) is 0 Å². The Bertz CT molecular complexity index is 595. The van der Waals surface area contributed by atoms with Gasteiger partial charge in [0, 0.05) is 18.2 Å². The van der Waals surface area contributed by atoms with E-state index in [2.05, 4.69) is 15.5 Å². The van der Waals surface area contributed by atoms with E-state index in [9.17, 15) is 14.9 Å². The zero-order valence-electron chi connectivity index (χ0n) is 10.2. The van der Waals surface area contributed by atoms with Crippen molar-refractivity contribution in [2.24, 2.45) is 0 Å². The Labute approximate surface area is 108 Å². The maximum Gasteiger partial charge on any atom is 0.269 e. The highest BCUT2D eigenvalue weighted by Crippen LogP contribution is 2.21. The van der Waals surface area contributed by atoms with Crippen molar-refractivity contribution >= 4 is 17.4 Å². The number of hydrogen-bond donors (Lipinski definition) is 2. The molecule has 1 amide bonds. The van der Waals surface area contributed by atoms with Gasteiger partial charge >= 0.3 is 0 Å². The van der Waals surface area contributed by atoms with Crippen LogP contribution in [0.1, 0.15) is 18.4 Å². The molecule has 1 aromatic carbocycles. The van der Waals surface area contributed by atoms with Crippen molar-refractivity contribution in [3.63, 3.8) is 0 Å². The van der Waals surface area contributed by atoms with Crippen LogP contribution in [0.4, 0.5) is 11.5 Å². The van der Waals surface area contributed by atoms with Crippen LogP contribution in [-0.2, 0) is 4.79 Å². The number of aromatic nitrogens is 2. The van der Waals surface area contributed by atoms with Crippen LogP contribution in [0.3, 0.4) is 0 Å². The van der Waals surface area contributed by atoms with Crippen molar-refractivity contribution in [1.82, 2.24) is 10.2 Å². The van der Waals surface area contributed by atoms with E-state index in [4.69, 9.17) is 0 Å². The van der Waals surface area contributed by atoms with E-state index in [0.29, 0.717) is 11.4 Å². The number of nitro benzene ring substituents is 1. The third kappa shape index (κ3) is 2.95. The molecular weight excluding hydrogens is 248 g/mol. The predicted octanol–water partition coefficient (Wildman–Crippen LogP) is 2.06. The lowest BCUT2D eigenvalue weighted by atomic mass is 10.00. The smallest absolute Gasteiger partial charge is 0.269 e. The highest BCUT2D eigenvalue weighted by Gasteiger charge is 2.18. The fraction of sp³-hybridized carbons (Fsp3) is 0.167. The number of benzene rings is 1. The molecule has 1 aromatic heterocycles. The summed E-state index contributed by atoms with van der Waals surface area (Å²) in [6.45, 7) is 1.69. The predicted molar refractivity (Wildman–Crippen MR) is 68.7 cm³/mol. The average molecular weight is 260 g/mol. The highest BCUT2D eigenvalue weighted by atomic mass is 16.6. The van der Waals surface area contributed by atoms with Gasteiger partial charge in [-0.3, -0.25) is 20.0 Å². The number of hydrogen-bond acceptors (Lipinski definition) is 4. The third-order valence-electron chi connectivity index (χ3n) is 2.73. The molecule has 19 heavy (non-hydrogen) atoms. The second-order valence-corrected chi connectivity index (χ2v) is 4.03. The minimum absolute atomic E-state index is 0.0290. The molecule has 7 heteroatoms. The Kier molecular flexibility index (Phi) is 3.56. The molecule has 0 saturated heterocycles. The molecular formula is C12H12N4O3. The zero-order chi connectivity index (χ0) is 13.8. The number of amides is 1. The first-order valence-electron chi connectivity index (χ1n) is 5.62. The standard InChI is InChI=1S/C12H12N4O3/c1-8(12(17)14-11-5-6-13-15-11)9-3-2-4-10(7-9)16(18)19/h2-8H,1H3,(H2,13,14,15,17). The average Bonchev–Trinajstić information content (AvgIpc) is 2.90. The fourth-order valence-corrected chi connectivity index (χ4v) is 1.63. The molecule has 0 aliphatic carbocycles. The van der Waals surface area contributed by atoms with Crippen molar-refractivity contribution in [2.45, 2.75) is 12.8 Å². The summed E-state index contributed by atoms with van der Waals surface area (Å²) >= 11 is 0.